The minimum absolute atomic E-state index is 0.233. The highest BCUT2D eigenvalue weighted by Gasteiger charge is 2.21. The number of benzene rings is 2. The maximum atomic E-state index is 13.1. The van der Waals surface area contributed by atoms with Gasteiger partial charge in [0.1, 0.15) is 11.0 Å². The standard InChI is InChI=1S/C20H16ClFN4OS/c1-11-3-8-15-16(9-11)28-20(23-15)24-19(27)17-12(2)25-26(18(17)21)10-13-4-6-14(22)7-5-13/h3-9H,10H2,1-2H3,(H,23,24,27). The van der Waals surface area contributed by atoms with Gasteiger partial charge in [-0.2, -0.15) is 5.10 Å². The molecule has 0 saturated heterocycles. The third-order valence-corrected chi connectivity index (χ3v) is 5.62. The lowest BCUT2D eigenvalue weighted by Crippen LogP contribution is -2.13. The second kappa shape index (κ2) is 7.33. The van der Waals surface area contributed by atoms with E-state index in [-0.39, 0.29) is 16.9 Å². The van der Waals surface area contributed by atoms with Crippen LogP contribution in [-0.4, -0.2) is 20.7 Å². The van der Waals surface area contributed by atoms with E-state index in [0.29, 0.717) is 22.9 Å². The van der Waals surface area contributed by atoms with Crippen molar-refractivity contribution in [3.8, 4) is 0 Å². The third-order valence-electron chi connectivity index (χ3n) is 4.30. The van der Waals surface area contributed by atoms with Gasteiger partial charge in [0.05, 0.1) is 28.0 Å². The fourth-order valence-electron chi connectivity index (χ4n) is 2.92. The number of carbonyl (C=O) groups is 1. The first kappa shape index (κ1) is 18.6. The molecule has 142 valence electrons. The van der Waals surface area contributed by atoms with Gasteiger partial charge in [0.25, 0.3) is 5.91 Å². The number of aromatic nitrogens is 3. The molecule has 2 aromatic carbocycles. The number of carbonyl (C=O) groups excluding carboxylic acids is 1. The first-order valence-electron chi connectivity index (χ1n) is 8.56. The Labute approximate surface area is 169 Å². The van der Waals surface area contributed by atoms with Crippen LogP contribution < -0.4 is 5.32 Å². The Morgan fingerprint density at radius 2 is 1.96 bits per heavy atom. The lowest BCUT2D eigenvalue weighted by Gasteiger charge is -2.04. The molecule has 0 atom stereocenters. The Kier molecular flexibility index (Phi) is 4.87. The largest absolute Gasteiger partial charge is 0.298 e. The average Bonchev–Trinajstić information content (AvgIpc) is 3.16. The quantitative estimate of drug-likeness (QED) is 0.499. The highest BCUT2D eigenvalue weighted by Crippen LogP contribution is 2.28. The zero-order valence-electron chi connectivity index (χ0n) is 15.2. The van der Waals surface area contributed by atoms with E-state index in [4.69, 9.17) is 11.6 Å². The summed E-state index contributed by atoms with van der Waals surface area (Å²) < 4.78 is 15.6. The summed E-state index contributed by atoms with van der Waals surface area (Å²) in [6.45, 7) is 4.08. The van der Waals surface area contributed by atoms with Crippen LogP contribution in [0.1, 0.15) is 27.2 Å². The second-order valence-electron chi connectivity index (χ2n) is 6.48. The van der Waals surface area contributed by atoms with E-state index in [1.54, 1.807) is 19.1 Å². The molecule has 4 aromatic rings. The third kappa shape index (κ3) is 3.63. The molecule has 1 amide bonds. The maximum absolute atomic E-state index is 13.1. The van der Waals surface area contributed by atoms with Gasteiger partial charge in [0.2, 0.25) is 0 Å². The van der Waals surface area contributed by atoms with Gasteiger partial charge < -0.3 is 0 Å². The van der Waals surface area contributed by atoms with Crippen molar-refractivity contribution < 1.29 is 9.18 Å². The molecule has 0 aliphatic heterocycles. The smallest absolute Gasteiger partial charge is 0.262 e. The second-order valence-corrected chi connectivity index (χ2v) is 7.87. The van der Waals surface area contributed by atoms with Crippen LogP contribution in [-0.2, 0) is 6.54 Å². The van der Waals surface area contributed by atoms with Crippen LogP contribution in [0.3, 0.4) is 0 Å². The maximum Gasteiger partial charge on any atom is 0.262 e. The molecule has 0 radical (unpaired) electrons. The van der Waals surface area contributed by atoms with Crippen molar-refractivity contribution in [2.24, 2.45) is 0 Å². The minimum atomic E-state index is -0.358. The van der Waals surface area contributed by atoms with Gasteiger partial charge >= 0.3 is 0 Å². The zero-order chi connectivity index (χ0) is 19.8. The van der Waals surface area contributed by atoms with Gasteiger partial charge in [-0.25, -0.2) is 14.1 Å². The normalized spacial score (nSPS) is 11.1. The van der Waals surface area contributed by atoms with Gasteiger partial charge in [-0.1, -0.05) is 41.1 Å². The number of amides is 1. The SMILES string of the molecule is Cc1ccc2nc(NC(=O)c3c(C)nn(Cc4ccc(F)cc4)c3Cl)sc2c1. The Bertz CT molecular complexity index is 1180. The van der Waals surface area contributed by atoms with Crippen molar-refractivity contribution in [3.63, 3.8) is 0 Å². The van der Waals surface area contributed by atoms with Crippen molar-refractivity contribution >= 4 is 44.2 Å². The monoisotopic (exact) mass is 414 g/mol. The minimum Gasteiger partial charge on any atom is -0.298 e. The van der Waals surface area contributed by atoms with Crippen LogP contribution in [0.15, 0.2) is 42.5 Å². The fraction of sp³-hybridized carbons (Fsp3) is 0.150. The first-order chi connectivity index (χ1) is 13.4. The Morgan fingerprint density at radius 3 is 2.71 bits per heavy atom. The first-order valence-corrected chi connectivity index (χ1v) is 9.76. The van der Waals surface area contributed by atoms with Crippen LogP contribution in [0.25, 0.3) is 10.2 Å². The summed E-state index contributed by atoms with van der Waals surface area (Å²) in [7, 11) is 0. The summed E-state index contributed by atoms with van der Waals surface area (Å²) in [5.41, 5.74) is 3.62. The summed E-state index contributed by atoms with van der Waals surface area (Å²) >= 11 is 7.83. The molecule has 1 N–H and O–H groups in total. The van der Waals surface area contributed by atoms with Crippen molar-refractivity contribution in [1.82, 2.24) is 14.8 Å². The lowest BCUT2D eigenvalue weighted by molar-refractivity contribution is 0.102. The van der Waals surface area contributed by atoms with E-state index >= 15 is 0 Å². The number of hydrogen-bond acceptors (Lipinski definition) is 4. The molecule has 2 heterocycles. The summed E-state index contributed by atoms with van der Waals surface area (Å²) in [6, 6.07) is 12.0. The predicted octanol–water partition coefficient (Wildman–Crippen LogP) is 5.20. The number of nitrogens with one attached hydrogen (secondary N) is 1. The number of nitrogens with zero attached hydrogens (tertiary/aromatic N) is 3. The molecule has 0 fully saturated rings. The Hall–Kier alpha value is -2.77. The van der Waals surface area contributed by atoms with Gasteiger partial charge in [0, 0.05) is 0 Å². The molecule has 0 unspecified atom stereocenters. The zero-order valence-corrected chi connectivity index (χ0v) is 16.7. The molecule has 0 aliphatic rings. The molecular weight excluding hydrogens is 399 g/mol. The molecule has 0 spiro atoms. The highest BCUT2D eigenvalue weighted by atomic mass is 35.5. The van der Waals surface area contributed by atoms with E-state index in [9.17, 15) is 9.18 Å². The van der Waals surface area contributed by atoms with Crippen LogP contribution >= 0.6 is 22.9 Å². The lowest BCUT2D eigenvalue weighted by atomic mass is 10.2. The van der Waals surface area contributed by atoms with Crippen molar-refractivity contribution in [2.75, 3.05) is 5.32 Å². The number of fused-ring (bicyclic) bond motifs is 1. The number of aryl methyl sites for hydroxylation is 2. The van der Waals surface area contributed by atoms with E-state index in [2.05, 4.69) is 15.4 Å². The van der Waals surface area contributed by atoms with Gasteiger partial charge in [-0.3, -0.25) is 10.1 Å². The fourth-order valence-corrected chi connectivity index (χ4v) is 4.20. The topological polar surface area (TPSA) is 59.8 Å². The highest BCUT2D eigenvalue weighted by molar-refractivity contribution is 7.22. The Balaban J connectivity index is 1.58. The molecule has 0 bridgehead atoms. The van der Waals surface area contributed by atoms with Gasteiger partial charge in [-0.05, 0) is 49.2 Å². The summed E-state index contributed by atoms with van der Waals surface area (Å²) in [5, 5.41) is 7.91. The molecular formula is C20H16ClFN4OS. The molecule has 0 saturated carbocycles. The summed E-state index contributed by atoms with van der Waals surface area (Å²) in [4.78, 5) is 17.2. The predicted molar refractivity (Wildman–Crippen MR) is 110 cm³/mol. The van der Waals surface area contributed by atoms with Crippen LogP contribution in [0.2, 0.25) is 5.15 Å². The number of rotatable bonds is 4. The van der Waals surface area contributed by atoms with Crippen LogP contribution in [0.4, 0.5) is 9.52 Å². The van der Waals surface area contributed by atoms with Crippen molar-refractivity contribution in [2.45, 2.75) is 20.4 Å². The number of hydrogen-bond donors (Lipinski definition) is 1. The molecule has 28 heavy (non-hydrogen) atoms. The molecule has 2 aromatic heterocycles. The number of halogens is 2. The van der Waals surface area contributed by atoms with Crippen molar-refractivity contribution in [1.29, 1.82) is 0 Å². The number of anilines is 1. The van der Waals surface area contributed by atoms with Crippen molar-refractivity contribution in [3.05, 3.63) is 75.8 Å². The van der Waals surface area contributed by atoms with Crippen LogP contribution in [0, 0.1) is 19.7 Å². The average molecular weight is 415 g/mol. The molecule has 0 aliphatic carbocycles. The van der Waals surface area contributed by atoms with E-state index < -0.39 is 0 Å². The van der Waals surface area contributed by atoms with E-state index in [1.165, 1.54) is 28.2 Å². The van der Waals surface area contributed by atoms with E-state index in [0.717, 1.165) is 21.3 Å². The number of thiazole rings is 1. The Morgan fingerprint density at radius 1 is 1.21 bits per heavy atom. The summed E-state index contributed by atoms with van der Waals surface area (Å²) in [5.74, 6) is -0.666. The molecule has 8 heteroatoms. The van der Waals surface area contributed by atoms with Gasteiger partial charge in [-0.15, -0.1) is 0 Å². The van der Waals surface area contributed by atoms with Crippen LogP contribution in [0.5, 0.6) is 0 Å². The molecule has 5 nitrogen and oxygen atoms in total. The van der Waals surface area contributed by atoms with Gasteiger partial charge in [0.15, 0.2) is 5.13 Å². The summed E-state index contributed by atoms with van der Waals surface area (Å²) in [6.07, 6.45) is 0. The molecule has 4 rings (SSSR count). The van der Waals surface area contributed by atoms with E-state index in [1.807, 2.05) is 25.1 Å².